The normalized spacial score (nSPS) is 15.7. The summed E-state index contributed by atoms with van der Waals surface area (Å²) >= 11 is 0. The zero-order chi connectivity index (χ0) is 13.9. The fraction of sp³-hybridized carbons (Fsp3) is 1.00. The molecule has 0 saturated carbocycles. The summed E-state index contributed by atoms with van der Waals surface area (Å²) in [5.41, 5.74) is 0. The molecule has 0 aliphatic heterocycles. The van der Waals surface area contributed by atoms with Gasteiger partial charge in [0, 0.05) is 6.04 Å². The van der Waals surface area contributed by atoms with Crippen molar-refractivity contribution in [1.29, 1.82) is 0 Å². The Morgan fingerprint density at radius 3 is 1.41 bits per heavy atom. The zero-order valence-electron chi connectivity index (χ0n) is 9.91. The molecule has 1 atom stereocenters. The van der Waals surface area contributed by atoms with E-state index in [1.165, 1.54) is 0 Å². The maximum Gasteiger partial charge on any atom is 0.402 e. The van der Waals surface area contributed by atoms with Crippen LogP contribution < -0.4 is 5.32 Å². The second kappa shape index (κ2) is 5.93. The fourth-order valence-electron chi connectivity index (χ4n) is 2.06. The maximum atomic E-state index is 12.5. The third-order valence-corrected chi connectivity index (χ3v) is 2.95. The van der Waals surface area contributed by atoms with Crippen molar-refractivity contribution in [3.05, 3.63) is 0 Å². The van der Waals surface area contributed by atoms with Crippen LogP contribution in [0.4, 0.5) is 26.3 Å². The van der Waals surface area contributed by atoms with E-state index in [4.69, 9.17) is 0 Å². The van der Waals surface area contributed by atoms with Crippen LogP contribution >= 0.6 is 0 Å². The largest absolute Gasteiger partial charge is 0.402 e. The molecule has 0 spiro atoms. The highest BCUT2D eigenvalue weighted by molar-refractivity contribution is 4.89. The summed E-state index contributed by atoms with van der Waals surface area (Å²) in [6, 6.07) is -1.63. The molecule has 0 rings (SSSR count). The van der Waals surface area contributed by atoms with Crippen molar-refractivity contribution in [2.75, 3.05) is 7.05 Å². The van der Waals surface area contributed by atoms with Gasteiger partial charge in [-0.25, -0.2) is 0 Å². The monoisotopic (exact) mass is 265 g/mol. The van der Waals surface area contributed by atoms with E-state index in [-0.39, 0.29) is 12.8 Å². The van der Waals surface area contributed by atoms with Gasteiger partial charge >= 0.3 is 12.4 Å². The second-order valence-corrected chi connectivity index (χ2v) is 3.95. The second-order valence-electron chi connectivity index (χ2n) is 3.95. The summed E-state index contributed by atoms with van der Waals surface area (Å²) in [7, 11) is 1.13. The van der Waals surface area contributed by atoms with Gasteiger partial charge < -0.3 is 5.32 Å². The number of halogens is 6. The van der Waals surface area contributed by atoms with E-state index in [9.17, 15) is 26.3 Å². The number of alkyl halides is 6. The SMILES string of the molecule is CCC(CC)C(NC)C(C(F)(F)F)C(F)(F)F. The van der Waals surface area contributed by atoms with Gasteiger partial charge in [0.1, 0.15) is 0 Å². The van der Waals surface area contributed by atoms with Crippen molar-refractivity contribution in [3.8, 4) is 0 Å². The predicted octanol–water partition coefficient (Wildman–Crippen LogP) is 3.75. The van der Waals surface area contributed by atoms with Crippen LogP contribution in [0.15, 0.2) is 0 Å². The van der Waals surface area contributed by atoms with E-state index in [2.05, 4.69) is 5.32 Å². The van der Waals surface area contributed by atoms with E-state index >= 15 is 0 Å². The lowest BCUT2D eigenvalue weighted by Crippen LogP contribution is -2.53. The van der Waals surface area contributed by atoms with Gasteiger partial charge in [-0.2, -0.15) is 26.3 Å². The number of rotatable bonds is 5. The molecule has 17 heavy (non-hydrogen) atoms. The zero-order valence-corrected chi connectivity index (χ0v) is 9.91. The summed E-state index contributed by atoms with van der Waals surface area (Å²) in [5.74, 6) is -3.97. The minimum atomic E-state index is -5.28. The van der Waals surface area contributed by atoms with Gasteiger partial charge in [0.05, 0.1) is 0 Å². The molecule has 0 aliphatic rings. The number of nitrogens with one attached hydrogen (secondary N) is 1. The Balaban J connectivity index is 5.27. The lowest BCUT2D eigenvalue weighted by Gasteiger charge is -2.35. The van der Waals surface area contributed by atoms with Gasteiger partial charge in [-0.05, 0) is 13.0 Å². The fourth-order valence-corrected chi connectivity index (χ4v) is 2.06. The minimum absolute atomic E-state index is 0.269. The lowest BCUT2D eigenvalue weighted by atomic mass is 9.84. The molecule has 0 aromatic heterocycles. The lowest BCUT2D eigenvalue weighted by molar-refractivity contribution is -0.295. The smallest absolute Gasteiger partial charge is 0.316 e. The van der Waals surface area contributed by atoms with E-state index in [0.717, 1.165) is 7.05 Å². The average molecular weight is 265 g/mol. The molecule has 0 amide bonds. The molecule has 7 heteroatoms. The van der Waals surface area contributed by atoms with Gasteiger partial charge in [-0.1, -0.05) is 26.7 Å². The molecule has 0 saturated heterocycles. The molecule has 0 bridgehead atoms. The Morgan fingerprint density at radius 2 is 1.24 bits per heavy atom. The van der Waals surface area contributed by atoms with Crippen molar-refractivity contribution in [2.24, 2.45) is 11.8 Å². The average Bonchev–Trinajstić information content (AvgIpc) is 2.13. The Bertz CT molecular complexity index is 204. The van der Waals surface area contributed by atoms with E-state index in [1.54, 1.807) is 13.8 Å². The molecule has 0 aliphatic carbocycles. The minimum Gasteiger partial charge on any atom is -0.316 e. The van der Waals surface area contributed by atoms with Crippen molar-refractivity contribution in [1.82, 2.24) is 5.32 Å². The topological polar surface area (TPSA) is 12.0 Å². The summed E-state index contributed by atoms with van der Waals surface area (Å²) in [6.07, 6.45) is -10.0. The first-order chi connectivity index (χ1) is 7.59. The van der Waals surface area contributed by atoms with Crippen LogP contribution in [-0.2, 0) is 0 Å². The molecule has 1 nitrogen and oxygen atoms in total. The highest BCUT2D eigenvalue weighted by atomic mass is 19.4. The summed E-state index contributed by atoms with van der Waals surface area (Å²) in [5, 5.41) is 2.18. The molecule has 0 aromatic rings. The Kier molecular flexibility index (Phi) is 5.77. The van der Waals surface area contributed by atoms with Crippen LogP contribution in [0.3, 0.4) is 0 Å². The third kappa shape index (κ3) is 4.37. The molecule has 0 aromatic carbocycles. The van der Waals surface area contributed by atoms with Crippen LogP contribution in [-0.4, -0.2) is 25.4 Å². The maximum absolute atomic E-state index is 12.5. The van der Waals surface area contributed by atoms with Crippen molar-refractivity contribution in [3.63, 3.8) is 0 Å². The summed E-state index contributed by atoms with van der Waals surface area (Å²) in [6.45, 7) is 3.17. The Hall–Kier alpha value is -0.460. The summed E-state index contributed by atoms with van der Waals surface area (Å²) in [4.78, 5) is 0. The Morgan fingerprint density at radius 1 is 0.882 bits per heavy atom. The summed E-state index contributed by atoms with van der Waals surface area (Å²) < 4.78 is 75.2. The first-order valence-corrected chi connectivity index (χ1v) is 5.40. The molecule has 0 heterocycles. The number of hydrogen-bond donors (Lipinski definition) is 1. The quantitative estimate of drug-likeness (QED) is 0.746. The van der Waals surface area contributed by atoms with Gasteiger partial charge in [0.15, 0.2) is 5.92 Å². The van der Waals surface area contributed by atoms with Gasteiger partial charge in [0.25, 0.3) is 0 Å². The molecule has 0 fully saturated rings. The Labute approximate surface area is 96.6 Å². The molecule has 0 radical (unpaired) electrons. The van der Waals surface area contributed by atoms with Gasteiger partial charge in [0.2, 0.25) is 0 Å². The van der Waals surface area contributed by atoms with Crippen LogP contribution in [0.25, 0.3) is 0 Å². The highest BCUT2D eigenvalue weighted by Crippen LogP contribution is 2.43. The van der Waals surface area contributed by atoms with Crippen molar-refractivity contribution >= 4 is 0 Å². The molecular formula is C10H17F6N. The van der Waals surface area contributed by atoms with E-state index < -0.39 is 30.2 Å². The van der Waals surface area contributed by atoms with Crippen molar-refractivity contribution in [2.45, 2.75) is 45.1 Å². The van der Waals surface area contributed by atoms with Crippen molar-refractivity contribution < 1.29 is 26.3 Å². The van der Waals surface area contributed by atoms with Crippen LogP contribution in [0.1, 0.15) is 26.7 Å². The first kappa shape index (κ1) is 16.5. The van der Waals surface area contributed by atoms with Crippen LogP contribution in [0.5, 0.6) is 0 Å². The molecule has 104 valence electrons. The van der Waals surface area contributed by atoms with E-state index in [0.29, 0.717) is 0 Å². The van der Waals surface area contributed by atoms with Crippen LogP contribution in [0, 0.1) is 11.8 Å². The van der Waals surface area contributed by atoms with Gasteiger partial charge in [-0.15, -0.1) is 0 Å². The molecule has 1 unspecified atom stereocenters. The highest BCUT2D eigenvalue weighted by Gasteiger charge is 2.60. The van der Waals surface area contributed by atoms with Crippen LogP contribution in [0.2, 0.25) is 0 Å². The van der Waals surface area contributed by atoms with Gasteiger partial charge in [-0.3, -0.25) is 0 Å². The predicted molar refractivity (Wildman–Crippen MR) is 52.5 cm³/mol. The molecular weight excluding hydrogens is 248 g/mol. The first-order valence-electron chi connectivity index (χ1n) is 5.40. The number of hydrogen-bond acceptors (Lipinski definition) is 1. The standard InChI is InChI=1S/C10H17F6N/c1-4-6(5-2)7(17-3)8(9(11,12)13)10(14,15)16/h6-8,17H,4-5H2,1-3H3. The molecule has 1 N–H and O–H groups in total. The third-order valence-electron chi connectivity index (χ3n) is 2.95. The van der Waals surface area contributed by atoms with E-state index in [1.807, 2.05) is 0 Å².